The van der Waals surface area contributed by atoms with Crippen LogP contribution in [0.2, 0.25) is 0 Å². The summed E-state index contributed by atoms with van der Waals surface area (Å²) in [6, 6.07) is 11.2. The van der Waals surface area contributed by atoms with Crippen molar-refractivity contribution in [3.8, 4) is 5.75 Å². The Kier molecular flexibility index (Phi) is 3.74. The molecule has 0 aliphatic heterocycles. The zero-order chi connectivity index (χ0) is 15.5. The molecule has 2 heterocycles. The quantitative estimate of drug-likeness (QED) is 0.690. The first kappa shape index (κ1) is 14.1. The van der Waals surface area contributed by atoms with E-state index in [-0.39, 0.29) is 0 Å². The van der Waals surface area contributed by atoms with Gasteiger partial charge in [-0.3, -0.25) is 4.40 Å². The number of hydrogen-bond donors (Lipinski definition) is 0. The van der Waals surface area contributed by atoms with Gasteiger partial charge in [0.1, 0.15) is 17.1 Å². The smallest absolute Gasteiger partial charge is 0.341 e. The second-order valence-corrected chi connectivity index (χ2v) is 4.75. The predicted molar refractivity (Wildman–Crippen MR) is 80.1 cm³/mol. The van der Waals surface area contributed by atoms with E-state index in [1.807, 2.05) is 30.5 Å². The molecule has 0 unspecified atom stereocenters. The number of ether oxygens (including phenoxy) is 2. The number of fused-ring (bicyclic) bond motifs is 1. The lowest BCUT2D eigenvalue weighted by Crippen LogP contribution is -2.05. The highest BCUT2D eigenvalue weighted by Gasteiger charge is 2.15. The number of aromatic nitrogens is 3. The van der Waals surface area contributed by atoms with Gasteiger partial charge >= 0.3 is 5.97 Å². The van der Waals surface area contributed by atoms with Crippen LogP contribution in [0.15, 0.2) is 42.6 Å². The Hall–Kier alpha value is -2.89. The monoisotopic (exact) mass is 297 g/mol. The number of carbonyl (C=O) groups is 1. The third-order valence-electron chi connectivity index (χ3n) is 3.41. The van der Waals surface area contributed by atoms with Crippen molar-refractivity contribution in [2.24, 2.45) is 0 Å². The Bertz CT molecular complexity index is 826. The Labute approximate surface area is 127 Å². The van der Waals surface area contributed by atoms with Crippen molar-refractivity contribution in [1.29, 1.82) is 0 Å². The van der Waals surface area contributed by atoms with Gasteiger partial charge in [0.05, 0.1) is 14.2 Å². The molecule has 0 saturated carbocycles. The highest BCUT2D eigenvalue weighted by molar-refractivity contribution is 5.95. The van der Waals surface area contributed by atoms with Crippen molar-refractivity contribution in [3.63, 3.8) is 0 Å². The summed E-state index contributed by atoms with van der Waals surface area (Å²) in [5.74, 6) is 1.11. The molecule has 0 aliphatic carbocycles. The minimum Gasteiger partial charge on any atom is -0.497 e. The van der Waals surface area contributed by atoms with Gasteiger partial charge in [-0.05, 0) is 29.8 Å². The molecule has 0 spiro atoms. The van der Waals surface area contributed by atoms with Crippen LogP contribution in [0.5, 0.6) is 5.75 Å². The second-order valence-electron chi connectivity index (χ2n) is 4.75. The number of methoxy groups -OCH3 is 2. The summed E-state index contributed by atoms with van der Waals surface area (Å²) >= 11 is 0. The highest BCUT2D eigenvalue weighted by atomic mass is 16.5. The summed E-state index contributed by atoms with van der Waals surface area (Å²) in [7, 11) is 2.98. The second kappa shape index (κ2) is 5.85. The van der Waals surface area contributed by atoms with Gasteiger partial charge in [0, 0.05) is 12.6 Å². The van der Waals surface area contributed by atoms with Crippen molar-refractivity contribution in [2.75, 3.05) is 14.2 Å². The molecule has 112 valence electrons. The van der Waals surface area contributed by atoms with E-state index in [9.17, 15) is 4.79 Å². The first-order valence-electron chi connectivity index (χ1n) is 6.77. The summed E-state index contributed by atoms with van der Waals surface area (Å²) in [4.78, 5) is 11.8. The fourth-order valence-electron chi connectivity index (χ4n) is 2.32. The summed E-state index contributed by atoms with van der Waals surface area (Å²) in [6.07, 6.45) is 2.42. The van der Waals surface area contributed by atoms with E-state index in [1.54, 1.807) is 23.6 Å². The van der Waals surface area contributed by atoms with Crippen molar-refractivity contribution < 1.29 is 14.3 Å². The Balaban J connectivity index is 2.00. The minimum absolute atomic E-state index is 0.398. The van der Waals surface area contributed by atoms with Gasteiger partial charge in [-0.15, -0.1) is 10.2 Å². The molecule has 1 aromatic carbocycles. The van der Waals surface area contributed by atoms with Gasteiger partial charge in [0.25, 0.3) is 0 Å². The summed E-state index contributed by atoms with van der Waals surface area (Å²) in [5, 5.41) is 8.30. The summed E-state index contributed by atoms with van der Waals surface area (Å²) < 4.78 is 11.8. The van der Waals surface area contributed by atoms with E-state index >= 15 is 0 Å². The first-order valence-corrected chi connectivity index (χ1v) is 6.77. The zero-order valence-electron chi connectivity index (χ0n) is 12.3. The molecule has 6 heteroatoms. The molecular weight excluding hydrogens is 282 g/mol. The molecule has 3 aromatic rings. The number of hydrogen-bond acceptors (Lipinski definition) is 5. The Morgan fingerprint density at radius 1 is 1.18 bits per heavy atom. The van der Waals surface area contributed by atoms with Gasteiger partial charge in [-0.1, -0.05) is 12.1 Å². The van der Waals surface area contributed by atoms with E-state index < -0.39 is 5.97 Å². The standard InChI is InChI=1S/C16H15N3O3/c1-21-12-6-3-5-11(9-12)10-14-17-18-15-13(16(20)22-2)7-4-8-19(14)15/h3-9H,10H2,1-2H3. The van der Waals surface area contributed by atoms with Gasteiger partial charge in [-0.25, -0.2) is 4.79 Å². The Morgan fingerprint density at radius 3 is 2.82 bits per heavy atom. The Morgan fingerprint density at radius 2 is 2.05 bits per heavy atom. The molecule has 6 nitrogen and oxygen atoms in total. The number of rotatable bonds is 4. The van der Waals surface area contributed by atoms with Gasteiger partial charge in [-0.2, -0.15) is 0 Å². The fraction of sp³-hybridized carbons (Fsp3) is 0.188. The molecule has 0 aliphatic rings. The van der Waals surface area contributed by atoms with Crippen LogP contribution in [0, 0.1) is 0 Å². The molecule has 0 amide bonds. The molecule has 0 bridgehead atoms. The van der Waals surface area contributed by atoms with Crippen LogP contribution in [0.25, 0.3) is 5.65 Å². The molecular formula is C16H15N3O3. The van der Waals surface area contributed by atoms with Crippen molar-refractivity contribution in [2.45, 2.75) is 6.42 Å². The van der Waals surface area contributed by atoms with E-state index in [4.69, 9.17) is 9.47 Å². The van der Waals surface area contributed by atoms with Crippen LogP contribution in [0.3, 0.4) is 0 Å². The molecule has 0 fully saturated rings. The third kappa shape index (κ3) is 2.50. The molecule has 0 N–H and O–H groups in total. The molecule has 22 heavy (non-hydrogen) atoms. The average molecular weight is 297 g/mol. The molecule has 3 rings (SSSR count). The topological polar surface area (TPSA) is 65.7 Å². The summed E-state index contributed by atoms with van der Waals surface area (Å²) in [5.41, 5.74) is 1.94. The number of benzene rings is 1. The van der Waals surface area contributed by atoms with Crippen LogP contribution in [-0.4, -0.2) is 34.8 Å². The molecule has 0 atom stereocenters. The van der Waals surface area contributed by atoms with Crippen LogP contribution in [0.1, 0.15) is 21.7 Å². The van der Waals surface area contributed by atoms with Gasteiger partial charge < -0.3 is 9.47 Å². The predicted octanol–water partition coefficient (Wildman–Crippen LogP) is 2.12. The lowest BCUT2D eigenvalue weighted by atomic mass is 10.1. The van der Waals surface area contributed by atoms with Crippen LogP contribution >= 0.6 is 0 Å². The largest absolute Gasteiger partial charge is 0.497 e. The summed E-state index contributed by atoms with van der Waals surface area (Å²) in [6.45, 7) is 0. The average Bonchev–Trinajstić information content (AvgIpc) is 2.97. The maximum Gasteiger partial charge on any atom is 0.341 e. The number of esters is 1. The zero-order valence-corrected chi connectivity index (χ0v) is 12.3. The van der Waals surface area contributed by atoms with Crippen LogP contribution in [-0.2, 0) is 11.2 Å². The van der Waals surface area contributed by atoms with Gasteiger partial charge in [0.2, 0.25) is 0 Å². The van der Waals surface area contributed by atoms with Crippen molar-refractivity contribution in [1.82, 2.24) is 14.6 Å². The molecule has 0 radical (unpaired) electrons. The maximum absolute atomic E-state index is 11.8. The highest BCUT2D eigenvalue weighted by Crippen LogP contribution is 2.17. The number of nitrogens with zero attached hydrogens (tertiary/aromatic N) is 3. The molecule has 0 saturated heterocycles. The lowest BCUT2D eigenvalue weighted by molar-refractivity contribution is 0.0602. The van der Waals surface area contributed by atoms with Crippen LogP contribution < -0.4 is 4.74 Å². The van der Waals surface area contributed by atoms with E-state index in [2.05, 4.69) is 10.2 Å². The minimum atomic E-state index is -0.425. The number of carbonyl (C=O) groups excluding carboxylic acids is 1. The number of pyridine rings is 1. The van der Waals surface area contributed by atoms with E-state index in [0.29, 0.717) is 17.6 Å². The fourth-order valence-corrected chi connectivity index (χ4v) is 2.32. The third-order valence-corrected chi connectivity index (χ3v) is 3.41. The SMILES string of the molecule is COC(=O)c1cccn2c(Cc3cccc(OC)c3)nnc12. The van der Waals surface area contributed by atoms with Crippen LogP contribution in [0.4, 0.5) is 0 Å². The normalized spacial score (nSPS) is 10.6. The van der Waals surface area contributed by atoms with Gasteiger partial charge in [0.15, 0.2) is 5.65 Å². The van der Waals surface area contributed by atoms with Crippen molar-refractivity contribution >= 4 is 11.6 Å². The molecule has 2 aromatic heterocycles. The first-order chi connectivity index (χ1) is 10.7. The maximum atomic E-state index is 11.8. The van der Waals surface area contributed by atoms with Crippen molar-refractivity contribution in [3.05, 3.63) is 59.5 Å². The van der Waals surface area contributed by atoms with E-state index in [1.165, 1.54) is 7.11 Å². The van der Waals surface area contributed by atoms with E-state index in [0.717, 1.165) is 17.1 Å². The lowest BCUT2D eigenvalue weighted by Gasteiger charge is -2.05.